The lowest BCUT2D eigenvalue weighted by Gasteiger charge is -2.10. The number of benzene rings is 2. The summed E-state index contributed by atoms with van der Waals surface area (Å²) in [5, 5.41) is 15.0. The summed E-state index contributed by atoms with van der Waals surface area (Å²) in [5.41, 5.74) is 0.497. The standard InChI is InChI=1S/C18H21NO2/c1-17(2)16(18(17,3)4)19-15(21)13-10-9-11-7-5-6-8-12(11)14(13)20/h5-10,16,20H,1-4H3,(H,19,21). The molecule has 0 aromatic heterocycles. The highest BCUT2D eigenvalue weighted by molar-refractivity contribution is 6.03. The van der Waals surface area contributed by atoms with E-state index in [1.165, 1.54) is 0 Å². The number of rotatable bonds is 2. The minimum atomic E-state index is -0.207. The lowest BCUT2D eigenvalue weighted by molar-refractivity contribution is 0.0941. The molecule has 1 saturated carbocycles. The van der Waals surface area contributed by atoms with Crippen LogP contribution in [0.4, 0.5) is 0 Å². The molecule has 0 heterocycles. The van der Waals surface area contributed by atoms with Crippen molar-refractivity contribution in [1.82, 2.24) is 5.32 Å². The molecule has 1 aliphatic rings. The molecule has 0 aliphatic heterocycles. The van der Waals surface area contributed by atoms with Gasteiger partial charge in [0.15, 0.2) is 0 Å². The Morgan fingerprint density at radius 3 is 2.29 bits per heavy atom. The number of fused-ring (bicyclic) bond motifs is 1. The molecule has 2 aromatic carbocycles. The zero-order valence-electron chi connectivity index (χ0n) is 12.9. The van der Waals surface area contributed by atoms with Crippen LogP contribution in [0.1, 0.15) is 38.1 Å². The summed E-state index contributed by atoms with van der Waals surface area (Å²) in [6, 6.07) is 11.2. The van der Waals surface area contributed by atoms with Crippen molar-refractivity contribution in [3.63, 3.8) is 0 Å². The van der Waals surface area contributed by atoms with Gasteiger partial charge >= 0.3 is 0 Å². The minimum Gasteiger partial charge on any atom is -0.506 e. The highest BCUT2D eigenvalue weighted by Gasteiger charge is 2.65. The smallest absolute Gasteiger partial charge is 0.255 e. The Bertz CT molecular complexity index is 717. The Hall–Kier alpha value is -2.03. The lowest BCUT2D eigenvalue weighted by Crippen LogP contribution is -2.29. The Morgan fingerprint density at radius 2 is 1.67 bits per heavy atom. The van der Waals surface area contributed by atoms with Crippen LogP contribution in [0.25, 0.3) is 10.8 Å². The van der Waals surface area contributed by atoms with E-state index in [0.717, 1.165) is 5.39 Å². The Labute approximate surface area is 125 Å². The average molecular weight is 283 g/mol. The molecular formula is C18H21NO2. The number of nitrogens with one attached hydrogen (secondary N) is 1. The number of amides is 1. The van der Waals surface area contributed by atoms with Crippen LogP contribution >= 0.6 is 0 Å². The molecule has 0 saturated heterocycles. The van der Waals surface area contributed by atoms with Crippen molar-refractivity contribution >= 4 is 16.7 Å². The van der Waals surface area contributed by atoms with Crippen molar-refractivity contribution in [3.8, 4) is 5.75 Å². The van der Waals surface area contributed by atoms with Gasteiger partial charge in [0.1, 0.15) is 5.75 Å². The van der Waals surface area contributed by atoms with Gasteiger partial charge in [-0.15, -0.1) is 0 Å². The van der Waals surface area contributed by atoms with E-state index in [1.807, 2.05) is 30.3 Å². The zero-order valence-corrected chi connectivity index (χ0v) is 12.9. The van der Waals surface area contributed by atoms with Crippen molar-refractivity contribution in [2.24, 2.45) is 10.8 Å². The summed E-state index contributed by atoms with van der Waals surface area (Å²) in [6.45, 7) is 8.60. The summed E-state index contributed by atoms with van der Waals surface area (Å²) in [6.07, 6.45) is 0. The van der Waals surface area contributed by atoms with Crippen LogP contribution < -0.4 is 5.32 Å². The quantitative estimate of drug-likeness (QED) is 0.882. The molecule has 3 rings (SSSR count). The summed E-state index contributed by atoms with van der Waals surface area (Å²) in [7, 11) is 0. The van der Waals surface area contributed by atoms with Crippen molar-refractivity contribution < 1.29 is 9.90 Å². The van der Waals surface area contributed by atoms with E-state index in [2.05, 4.69) is 33.0 Å². The van der Waals surface area contributed by atoms with E-state index < -0.39 is 0 Å². The molecule has 0 radical (unpaired) electrons. The van der Waals surface area contributed by atoms with E-state index >= 15 is 0 Å². The number of hydrogen-bond donors (Lipinski definition) is 2. The normalized spacial score (nSPS) is 19.4. The first-order chi connectivity index (χ1) is 9.76. The van der Waals surface area contributed by atoms with E-state index in [1.54, 1.807) is 6.07 Å². The Kier molecular flexibility index (Phi) is 2.81. The van der Waals surface area contributed by atoms with E-state index in [-0.39, 0.29) is 28.5 Å². The van der Waals surface area contributed by atoms with Crippen molar-refractivity contribution in [2.45, 2.75) is 33.7 Å². The third kappa shape index (κ3) is 1.91. The first-order valence-corrected chi connectivity index (χ1v) is 7.28. The molecule has 3 nitrogen and oxygen atoms in total. The van der Waals surface area contributed by atoms with Crippen LogP contribution in [0.2, 0.25) is 0 Å². The molecule has 21 heavy (non-hydrogen) atoms. The van der Waals surface area contributed by atoms with Crippen LogP contribution in [-0.2, 0) is 0 Å². The van der Waals surface area contributed by atoms with Gasteiger partial charge in [0.05, 0.1) is 5.56 Å². The Morgan fingerprint density at radius 1 is 1.05 bits per heavy atom. The number of carbonyl (C=O) groups excluding carboxylic acids is 1. The summed E-state index contributed by atoms with van der Waals surface area (Å²) in [5.74, 6) is -0.149. The van der Waals surface area contributed by atoms with Crippen molar-refractivity contribution in [2.75, 3.05) is 0 Å². The van der Waals surface area contributed by atoms with Gasteiger partial charge in [-0.05, 0) is 22.3 Å². The molecule has 2 aromatic rings. The van der Waals surface area contributed by atoms with Gasteiger partial charge in [-0.2, -0.15) is 0 Å². The predicted molar refractivity (Wildman–Crippen MR) is 84.4 cm³/mol. The molecule has 2 N–H and O–H groups in total. The third-order valence-corrected chi connectivity index (χ3v) is 5.44. The fraction of sp³-hybridized carbons (Fsp3) is 0.389. The molecule has 1 aliphatic carbocycles. The van der Waals surface area contributed by atoms with Gasteiger partial charge in [0.2, 0.25) is 0 Å². The molecule has 0 spiro atoms. The van der Waals surface area contributed by atoms with Crippen LogP contribution in [0.3, 0.4) is 0 Å². The zero-order chi connectivity index (χ0) is 15.4. The van der Waals surface area contributed by atoms with Crippen LogP contribution in [-0.4, -0.2) is 17.1 Å². The van der Waals surface area contributed by atoms with Crippen molar-refractivity contribution in [1.29, 1.82) is 0 Å². The van der Waals surface area contributed by atoms with E-state index in [0.29, 0.717) is 10.9 Å². The summed E-state index contributed by atoms with van der Waals surface area (Å²) < 4.78 is 0. The highest BCUT2D eigenvalue weighted by Crippen LogP contribution is 2.62. The molecule has 1 amide bonds. The maximum absolute atomic E-state index is 12.5. The lowest BCUT2D eigenvalue weighted by atomic mass is 10.0. The van der Waals surface area contributed by atoms with Crippen molar-refractivity contribution in [3.05, 3.63) is 42.0 Å². The maximum atomic E-state index is 12.5. The average Bonchev–Trinajstić information content (AvgIpc) is 2.82. The second-order valence-electron chi connectivity index (χ2n) is 7.03. The number of carbonyl (C=O) groups is 1. The summed E-state index contributed by atoms with van der Waals surface area (Å²) >= 11 is 0. The monoisotopic (exact) mass is 283 g/mol. The Balaban J connectivity index is 1.91. The molecule has 1 fully saturated rings. The van der Waals surface area contributed by atoms with Gasteiger partial charge in [-0.1, -0.05) is 58.0 Å². The first-order valence-electron chi connectivity index (χ1n) is 7.28. The van der Waals surface area contributed by atoms with E-state index in [9.17, 15) is 9.90 Å². The largest absolute Gasteiger partial charge is 0.506 e. The molecule has 110 valence electrons. The number of phenolic OH excluding ortho intramolecular Hbond substituents is 1. The minimum absolute atomic E-state index is 0.0573. The molecule has 0 unspecified atom stereocenters. The maximum Gasteiger partial charge on any atom is 0.255 e. The van der Waals surface area contributed by atoms with E-state index in [4.69, 9.17) is 0 Å². The highest BCUT2D eigenvalue weighted by atomic mass is 16.3. The molecular weight excluding hydrogens is 262 g/mol. The van der Waals surface area contributed by atoms with Crippen LogP contribution in [0.5, 0.6) is 5.75 Å². The van der Waals surface area contributed by atoms with Gasteiger partial charge in [-0.25, -0.2) is 0 Å². The number of aromatic hydroxyl groups is 1. The summed E-state index contributed by atoms with van der Waals surface area (Å²) in [4.78, 5) is 12.5. The molecule has 0 atom stereocenters. The van der Waals surface area contributed by atoms with Gasteiger partial charge in [0.25, 0.3) is 5.91 Å². The topological polar surface area (TPSA) is 49.3 Å². The fourth-order valence-corrected chi connectivity index (χ4v) is 3.20. The number of phenols is 1. The fourth-order valence-electron chi connectivity index (χ4n) is 3.20. The predicted octanol–water partition coefficient (Wildman–Crippen LogP) is 3.71. The van der Waals surface area contributed by atoms with Gasteiger partial charge in [-0.3, -0.25) is 4.79 Å². The molecule has 3 heteroatoms. The van der Waals surface area contributed by atoms with Gasteiger partial charge in [0, 0.05) is 11.4 Å². The molecule has 0 bridgehead atoms. The number of hydrogen-bond acceptors (Lipinski definition) is 2. The second-order valence-corrected chi connectivity index (χ2v) is 7.03. The first kappa shape index (κ1) is 13.9. The SMILES string of the molecule is CC1(C)C(NC(=O)c2ccc3ccccc3c2O)C1(C)C. The van der Waals surface area contributed by atoms with Gasteiger partial charge < -0.3 is 10.4 Å². The van der Waals surface area contributed by atoms with Crippen LogP contribution in [0, 0.1) is 10.8 Å². The second kappa shape index (κ2) is 4.23. The third-order valence-electron chi connectivity index (χ3n) is 5.44. The van der Waals surface area contributed by atoms with Crippen LogP contribution in [0.15, 0.2) is 36.4 Å².